The minimum atomic E-state index is -0.156. The summed E-state index contributed by atoms with van der Waals surface area (Å²) in [6.45, 7) is 0. The summed E-state index contributed by atoms with van der Waals surface area (Å²) in [6.07, 6.45) is 0. The first-order valence-corrected chi connectivity index (χ1v) is 10.4. The van der Waals surface area contributed by atoms with E-state index < -0.39 is 0 Å². The van der Waals surface area contributed by atoms with E-state index in [1.165, 1.54) is 11.8 Å². The molecule has 8 heteroatoms. The highest BCUT2D eigenvalue weighted by molar-refractivity contribution is 7.99. The number of thiophene rings is 1. The van der Waals surface area contributed by atoms with Crippen molar-refractivity contribution in [3.05, 3.63) is 72.1 Å². The van der Waals surface area contributed by atoms with Crippen molar-refractivity contribution in [2.75, 3.05) is 11.1 Å². The van der Waals surface area contributed by atoms with E-state index in [0.717, 1.165) is 4.88 Å². The number of ether oxygens (including phenoxy) is 1. The molecule has 4 rings (SSSR count). The maximum absolute atomic E-state index is 12.4. The van der Waals surface area contributed by atoms with Crippen LogP contribution in [0, 0.1) is 0 Å². The van der Waals surface area contributed by atoms with Gasteiger partial charge < -0.3 is 10.1 Å². The summed E-state index contributed by atoms with van der Waals surface area (Å²) in [6, 6.07) is 20.7. The van der Waals surface area contributed by atoms with Gasteiger partial charge in [-0.2, -0.15) is 0 Å². The van der Waals surface area contributed by atoms with Gasteiger partial charge in [0.15, 0.2) is 11.6 Å². The fourth-order valence-corrected chi connectivity index (χ4v) is 3.69. The van der Waals surface area contributed by atoms with Crippen molar-refractivity contribution in [3.8, 4) is 22.2 Å². The summed E-state index contributed by atoms with van der Waals surface area (Å²) in [5.74, 6) is 2.04. The van der Waals surface area contributed by atoms with Crippen LogP contribution in [0.3, 0.4) is 0 Å². The van der Waals surface area contributed by atoms with Crippen molar-refractivity contribution in [2.24, 2.45) is 0 Å². The van der Waals surface area contributed by atoms with E-state index >= 15 is 0 Å². The Morgan fingerprint density at radius 1 is 1.07 bits per heavy atom. The van der Waals surface area contributed by atoms with Gasteiger partial charge in [-0.1, -0.05) is 48.2 Å². The second-order valence-electron chi connectivity index (χ2n) is 5.69. The number of hydrogen-bond acceptors (Lipinski definition) is 6. The number of thioether (sulfide) groups is 1. The van der Waals surface area contributed by atoms with E-state index in [2.05, 4.69) is 20.5 Å². The zero-order valence-electron chi connectivity index (χ0n) is 14.7. The van der Waals surface area contributed by atoms with Crippen LogP contribution < -0.4 is 10.1 Å². The van der Waals surface area contributed by atoms with Gasteiger partial charge in [0, 0.05) is 0 Å². The van der Waals surface area contributed by atoms with Crippen molar-refractivity contribution in [2.45, 2.75) is 5.16 Å². The lowest BCUT2D eigenvalue weighted by Crippen LogP contribution is -2.14. The molecule has 2 aromatic carbocycles. The molecule has 0 atom stereocenters. The Labute approximate surface area is 170 Å². The van der Waals surface area contributed by atoms with Crippen molar-refractivity contribution in [1.82, 2.24) is 15.2 Å². The number of amides is 1. The molecular weight excluding hydrogens is 392 g/mol. The molecule has 2 aromatic heterocycles. The Hall–Kier alpha value is -3.10. The smallest absolute Gasteiger partial charge is 0.234 e. The first-order chi connectivity index (χ1) is 13.8. The first-order valence-electron chi connectivity index (χ1n) is 8.49. The molecule has 2 N–H and O–H groups in total. The molecule has 0 aliphatic heterocycles. The SMILES string of the molecule is O=C(CSc1n[nH]c(-c2cccs2)n1)Nc1ccccc1Oc1ccccc1. The number of rotatable bonds is 7. The summed E-state index contributed by atoms with van der Waals surface area (Å²) in [7, 11) is 0. The molecule has 0 aliphatic rings. The lowest BCUT2D eigenvalue weighted by Gasteiger charge is -2.11. The summed E-state index contributed by atoms with van der Waals surface area (Å²) in [5.41, 5.74) is 0.617. The predicted molar refractivity (Wildman–Crippen MR) is 112 cm³/mol. The lowest BCUT2D eigenvalue weighted by molar-refractivity contribution is -0.113. The van der Waals surface area contributed by atoms with Gasteiger partial charge in [-0.3, -0.25) is 9.89 Å². The number of para-hydroxylation sites is 3. The molecule has 6 nitrogen and oxygen atoms in total. The maximum atomic E-state index is 12.4. The van der Waals surface area contributed by atoms with Crippen molar-refractivity contribution >= 4 is 34.7 Å². The van der Waals surface area contributed by atoms with Gasteiger partial charge in [-0.25, -0.2) is 4.98 Å². The van der Waals surface area contributed by atoms with E-state index in [-0.39, 0.29) is 11.7 Å². The largest absolute Gasteiger partial charge is 0.455 e. The number of carbonyl (C=O) groups is 1. The number of nitrogens with one attached hydrogen (secondary N) is 2. The van der Waals surface area contributed by atoms with Crippen LogP contribution in [-0.2, 0) is 4.79 Å². The minimum absolute atomic E-state index is 0.156. The van der Waals surface area contributed by atoms with E-state index in [4.69, 9.17) is 4.74 Å². The monoisotopic (exact) mass is 408 g/mol. The van der Waals surface area contributed by atoms with Gasteiger partial charge in [0.2, 0.25) is 11.1 Å². The number of carbonyl (C=O) groups excluding carboxylic acids is 1. The minimum Gasteiger partial charge on any atom is -0.455 e. The third kappa shape index (κ3) is 4.59. The van der Waals surface area contributed by atoms with Crippen LogP contribution in [-0.4, -0.2) is 26.8 Å². The molecule has 0 spiro atoms. The van der Waals surface area contributed by atoms with Crippen molar-refractivity contribution < 1.29 is 9.53 Å². The second kappa shape index (κ2) is 8.73. The van der Waals surface area contributed by atoms with E-state index in [9.17, 15) is 4.79 Å². The molecule has 0 saturated heterocycles. The average molecular weight is 409 g/mol. The van der Waals surface area contributed by atoms with Gasteiger partial charge in [-0.05, 0) is 35.7 Å². The molecule has 28 heavy (non-hydrogen) atoms. The zero-order valence-corrected chi connectivity index (χ0v) is 16.3. The third-order valence-electron chi connectivity index (χ3n) is 3.68. The molecular formula is C20H16N4O2S2. The highest BCUT2D eigenvalue weighted by Gasteiger charge is 2.12. The topological polar surface area (TPSA) is 79.9 Å². The van der Waals surface area contributed by atoms with Crippen LogP contribution >= 0.6 is 23.1 Å². The fourth-order valence-electron chi connectivity index (χ4n) is 2.43. The summed E-state index contributed by atoms with van der Waals surface area (Å²) in [5, 5.41) is 12.4. The Morgan fingerprint density at radius 2 is 1.89 bits per heavy atom. The quantitative estimate of drug-likeness (QED) is 0.418. The van der Waals surface area contributed by atoms with Crippen LogP contribution in [0.15, 0.2) is 77.3 Å². The normalized spacial score (nSPS) is 10.6. The van der Waals surface area contributed by atoms with Crippen LogP contribution in [0.4, 0.5) is 5.69 Å². The summed E-state index contributed by atoms with van der Waals surface area (Å²) < 4.78 is 5.87. The zero-order chi connectivity index (χ0) is 19.2. The fraction of sp³-hybridized carbons (Fsp3) is 0.0500. The molecule has 1 amide bonds. The standard InChI is InChI=1S/C20H16N4O2S2/c25-18(13-28-20-22-19(23-24-20)17-11-6-12-27-17)21-15-9-4-5-10-16(15)26-14-7-2-1-3-8-14/h1-12H,13H2,(H,21,25)(H,22,23,24). The maximum Gasteiger partial charge on any atom is 0.234 e. The number of nitrogens with zero attached hydrogens (tertiary/aromatic N) is 2. The highest BCUT2D eigenvalue weighted by atomic mass is 32.2. The van der Waals surface area contributed by atoms with Gasteiger partial charge >= 0.3 is 0 Å². The van der Waals surface area contributed by atoms with Gasteiger partial charge in [0.1, 0.15) is 5.75 Å². The average Bonchev–Trinajstić information content (AvgIpc) is 3.40. The number of H-pyrrole nitrogens is 1. The van der Waals surface area contributed by atoms with E-state index in [1.54, 1.807) is 11.3 Å². The van der Waals surface area contributed by atoms with Gasteiger partial charge in [-0.15, -0.1) is 16.4 Å². The Morgan fingerprint density at radius 3 is 2.71 bits per heavy atom. The Bertz CT molecular complexity index is 1050. The number of aromatic nitrogens is 3. The summed E-state index contributed by atoms with van der Waals surface area (Å²) in [4.78, 5) is 17.8. The van der Waals surface area contributed by atoms with Gasteiger partial charge in [0.25, 0.3) is 0 Å². The molecule has 0 fully saturated rings. The van der Waals surface area contributed by atoms with Crippen LogP contribution in [0.5, 0.6) is 11.5 Å². The molecule has 4 aromatic rings. The van der Waals surface area contributed by atoms with Crippen LogP contribution in [0.25, 0.3) is 10.7 Å². The second-order valence-corrected chi connectivity index (χ2v) is 7.58. The van der Waals surface area contributed by atoms with E-state index in [1.807, 2.05) is 72.1 Å². The molecule has 0 saturated carbocycles. The summed E-state index contributed by atoms with van der Waals surface area (Å²) >= 11 is 2.86. The molecule has 2 heterocycles. The third-order valence-corrected chi connectivity index (χ3v) is 5.41. The number of aromatic amines is 1. The Kier molecular flexibility index (Phi) is 5.69. The van der Waals surface area contributed by atoms with Gasteiger partial charge in [0.05, 0.1) is 16.3 Å². The number of hydrogen-bond donors (Lipinski definition) is 2. The van der Waals surface area contributed by atoms with Crippen molar-refractivity contribution in [1.29, 1.82) is 0 Å². The lowest BCUT2D eigenvalue weighted by atomic mass is 10.3. The van der Waals surface area contributed by atoms with Crippen LogP contribution in [0.1, 0.15) is 0 Å². The predicted octanol–water partition coefficient (Wildman–Crippen LogP) is 5.06. The molecule has 0 radical (unpaired) electrons. The highest BCUT2D eigenvalue weighted by Crippen LogP contribution is 2.29. The molecule has 0 unspecified atom stereocenters. The van der Waals surface area contributed by atoms with E-state index in [0.29, 0.717) is 28.2 Å². The van der Waals surface area contributed by atoms with Crippen LogP contribution in [0.2, 0.25) is 0 Å². The van der Waals surface area contributed by atoms with Crippen molar-refractivity contribution in [3.63, 3.8) is 0 Å². The molecule has 0 aliphatic carbocycles. The number of anilines is 1. The molecule has 140 valence electrons. The molecule has 0 bridgehead atoms. The number of benzene rings is 2. The Balaban J connectivity index is 1.36. The first kappa shape index (κ1) is 18.3.